The molecular weight excluding hydrogens is 761 g/mol. The number of unbranched alkanes of at least 4 members (excludes halogenated alkanes) is 1. The van der Waals surface area contributed by atoms with E-state index in [0.29, 0.717) is 13.0 Å². The van der Waals surface area contributed by atoms with Crippen LogP contribution in [-0.2, 0) is 38.0 Å². The Bertz CT molecular complexity index is 2500. The van der Waals surface area contributed by atoms with Gasteiger partial charge in [0.15, 0.2) is 5.78 Å². The van der Waals surface area contributed by atoms with Gasteiger partial charge in [-0.25, -0.2) is 4.79 Å². The Morgan fingerprint density at radius 3 is 1.39 bits per heavy atom. The largest absolute Gasteiger partial charge is 0.463 e. The van der Waals surface area contributed by atoms with Gasteiger partial charge in [-0.3, -0.25) is 4.79 Å². The molecule has 0 saturated carbocycles. The molecule has 2 aliphatic heterocycles. The van der Waals surface area contributed by atoms with E-state index in [0.717, 1.165) is 43.5 Å². The van der Waals surface area contributed by atoms with Crippen molar-refractivity contribution in [1.82, 2.24) is 0 Å². The molecule has 5 heteroatoms. The van der Waals surface area contributed by atoms with Gasteiger partial charge < -0.3 is 14.5 Å². The number of esters is 1. The molecular formula is C57H58N2O3. The smallest absolute Gasteiger partial charge is 0.330 e. The topological polar surface area (TPSA) is 49.9 Å². The standard InChI is InChI=1S/C57H58N2O3/c1-9-46(60)16-12-11-14-40-19-25-44(26-20-40)58-51-29-17-38(3)34-47(51)56(5,6)49-36-42(23-31-53(49)58)43-24-32-54-50(37-43)57(7,8)48-35-39(4)18-30-52(48)59(54)45-27-21-41(22-28-45)15-13-33-62-55(61)10-2/h9-10,17-32,34-37H,1-2,11-16,33H2,3-8H3. The van der Waals surface area contributed by atoms with Gasteiger partial charge in [0.1, 0.15) is 0 Å². The minimum absolute atomic E-state index is 0.116. The summed E-state index contributed by atoms with van der Waals surface area (Å²) in [4.78, 5) is 28.1. The van der Waals surface area contributed by atoms with Crippen LogP contribution in [0.5, 0.6) is 0 Å². The van der Waals surface area contributed by atoms with Crippen molar-refractivity contribution >= 4 is 45.9 Å². The summed E-state index contributed by atoms with van der Waals surface area (Å²) in [5.74, 6) is -0.266. The van der Waals surface area contributed by atoms with Crippen molar-refractivity contribution in [3.63, 3.8) is 0 Å². The lowest BCUT2D eigenvalue weighted by Crippen LogP contribution is -2.31. The van der Waals surface area contributed by atoms with E-state index in [1.165, 1.54) is 90.5 Å². The van der Waals surface area contributed by atoms with Crippen molar-refractivity contribution in [1.29, 1.82) is 0 Å². The van der Waals surface area contributed by atoms with E-state index in [4.69, 9.17) is 4.74 Å². The number of ketones is 1. The van der Waals surface area contributed by atoms with Crippen LogP contribution in [0.15, 0.2) is 147 Å². The third kappa shape index (κ3) is 8.04. The summed E-state index contributed by atoms with van der Waals surface area (Å²) >= 11 is 0. The first kappa shape index (κ1) is 42.2. The first-order valence-corrected chi connectivity index (χ1v) is 22.0. The van der Waals surface area contributed by atoms with Crippen LogP contribution in [0.2, 0.25) is 0 Å². The number of nitrogens with zero attached hydrogens (tertiary/aromatic N) is 2. The van der Waals surface area contributed by atoms with Crippen LogP contribution >= 0.6 is 0 Å². The molecule has 0 amide bonds. The molecule has 5 nitrogen and oxygen atoms in total. The minimum atomic E-state index is -0.381. The Morgan fingerprint density at radius 1 is 0.532 bits per heavy atom. The van der Waals surface area contributed by atoms with Crippen LogP contribution in [0.1, 0.15) is 97.9 Å². The molecule has 62 heavy (non-hydrogen) atoms. The van der Waals surface area contributed by atoms with Crippen LogP contribution < -0.4 is 9.80 Å². The van der Waals surface area contributed by atoms with E-state index >= 15 is 0 Å². The predicted molar refractivity (Wildman–Crippen MR) is 257 cm³/mol. The highest BCUT2D eigenvalue weighted by molar-refractivity contribution is 5.91. The number of anilines is 6. The molecule has 6 aromatic rings. The van der Waals surface area contributed by atoms with Gasteiger partial charge in [-0.1, -0.05) is 113 Å². The molecule has 6 aromatic carbocycles. The van der Waals surface area contributed by atoms with Gasteiger partial charge in [-0.05, 0) is 157 Å². The molecule has 2 heterocycles. The molecule has 0 N–H and O–H groups in total. The van der Waals surface area contributed by atoms with Crippen molar-refractivity contribution in [3.05, 3.63) is 191 Å². The number of allylic oxidation sites excluding steroid dienone is 1. The molecule has 0 aromatic heterocycles. The molecule has 0 aliphatic carbocycles. The van der Waals surface area contributed by atoms with E-state index in [2.05, 4.69) is 186 Å². The number of carbonyl (C=O) groups excluding carboxylic acids is 2. The average Bonchev–Trinajstić information content (AvgIpc) is 3.27. The van der Waals surface area contributed by atoms with E-state index in [9.17, 15) is 9.59 Å². The quantitative estimate of drug-likeness (QED) is 0.0622. The Kier molecular flexibility index (Phi) is 11.7. The summed E-state index contributed by atoms with van der Waals surface area (Å²) in [6.45, 7) is 21.3. The van der Waals surface area contributed by atoms with E-state index in [-0.39, 0.29) is 22.6 Å². The third-order valence-electron chi connectivity index (χ3n) is 13.1. The zero-order valence-electron chi connectivity index (χ0n) is 37.2. The van der Waals surface area contributed by atoms with Crippen LogP contribution in [0.25, 0.3) is 11.1 Å². The Labute approximate surface area is 368 Å². The molecule has 2 aliphatic rings. The van der Waals surface area contributed by atoms with Crippen molar-refractivity contribution in [2.75, 3.05) is 16.4 Å². The summed E-state index contributed by atoms with van der Waals surface area (Å²) in [5, 5.41) is 0. The maximum atomic E-state index is 11.7. The normalized spacial score (nSPS) is 14.2. The van der Waals surface area contributed by atoms with Crippen LogP contribution in [0, 0.1) is 13.8 Å². The van der Waals surface area contributed by atoms with Crippen molar-refractivity contribution < 1.29 is 14.3 Å². The van der Waals surface area contributed by atoms with Gasteiger partial charge in [0, 0.05) is 34.7 Å². The van der Waals surface area contributed by atoms with Gasteiger partial charge in [0.25, 0.3) is 0 Å². The number of hydrogen-bond acceptors (Lipinski definition) is 5. The lowest BCUT2D eigenvalue weighted by Gasteiger charge is -2.43. The molecule has 0 saturated heterocycles. The van der Waals surface area contributed by atoms with Crippen molar-refractivity contribution in [2.45, 2.75) is 90.9 Å². The van der Waals surface area contributed by atoms with E-state index in [1.54, 1.807) is 0 Å². The van der Waals surface area contributed by atoms with Gasteiger partial charge in [0.2, 0.25) is 0 Å². The molecule has 8 rings (SSSR count). The molecule has 314 valence electrons. The van der Waals surface area contributed by atoms with Crippen molar-refractivity contribution in [2.24, 2.45) is 0 Å². The summed E-state index contributed by atoms with van der Waals surface area (Å²) < 4.78 is 5.21. The SMILES string of the molecule is C=CC(=O)CCCCc1ccc(N2c3ccc(C)cc3C(C)(C)c3cc(-c4ccc5c(c4)C(C)(C)c4cc(C)ccc4N5c4ccc(CCCOC(=O)C=C)cc4)ccc32)cc1. The summed E-state index contributed by atoms with van der Waals surface area (Å²) in [6, 6.07) is 45.5. The second-order valence-electron chi connectivity index (χ2n) is 18.1. The van der Waals surface area contributed by atoms with E-state index < -0.39 is 0 Å². The zero-order chi connectivity index (χ0) is 43.8. The summed E-state index contributed by atoms with van der Waals surface area (Å²) in [5.41, 5.74) is 19.1. The highest BCUT2D eigenvalue weighted by atomic mass is 16.5. The number of ether oxygens (including phenoxy) is 1. The Morgan fingerprint density at radius 2 is 0.952 bits per heavy atom. The monoisotopic (exact) mass is 818 g/mol. The second-order valence-corrected chi connectivity index (χ2v) is 18.1. The molecule has 0 bridgehead atoms. The third-order valence-corrected chi connectivity index (χ3v) is 13.1. The molecule has 0 unspecified atom stereocenters. The lowest BCUT2D eigenvalue weighted by molar-refractivity contribution is -0.137. The fourth-order valence-corrected chi connectivity index (χ4v) is 9.48. The molecule has 0 spiro atoms. The molecule has 0 atom stereocenters. The van der Waals surface area contributed by atoms with Crippen molar-refractivity contribution in [3.8, 4) is 11.1 Å². The second kappa shape index (κ2) is 17.1. The number of rotatable bonds is 14. The molecule has 0 fully saturated rings. The highest BCUT2D eigenvalue weighted by Gasteiger charge is 2.39. The van der Waals surface area contributed by atoms with E-state index in [1.807, 2.05) is 0 Å². The fourth-order valence-electron chi connectivity index (χ4n) is 9.48. The summed E-state index contributed by atoms with van der Waals surface area (Å²) in [7, 11) is 0. The molecule has 0 radical (unpaired) electrons. The Balaban J connectivity index is 1.15. The van der Waals surface area contributed by atoms with Gasteiger partial charge in [-0.15, -0.1) is 0 Å². The highest BCUT2D eigenvalue weighted by Crippen LogP contribution is 2.55. The van der Waals surface area contributed by atoms with Crippen LogP contribution in [-0.4, -0.2) is 18.4 Å². The maximum absolute atomic E-state index is 11.7. The number of carbonyl (C=O) groups is 2. The number of hydrogen-bond donors (Lipinski definition) is 0. The summed E-state index contributed by atoms with van der Waals surface area (Å²) in [6.07, 6.45) is 7.56. The number of fused-ring (bicyclic) bond motifs is 4. The van der Waals surface area contributed by atoms with Gasteiger partial charge in [-0.2, -0.15) is 0 Å². The van der Waals surface area contributed by atoms with Gasteiger partial charge in [0.05, 0.1) is 29.4 Å². The predicted octanol–water partition coefficient (Wildman–Crippen LogP) is 14.3. The fraction of sp³-hybridized carbons (Fsp3) is 0.263. The zero-order valence-corrected chi connectivity index (χ0v) is 37.2. The maximum Gasteiger partial charge on any atom is 0.330 e. The minimum Gasteiger partial charge on any atom is -0.463 e. The average molecular weight is 819 g/mol. The number of aryl methyl sites for hydroxylation is 4. The van der Waals surface area contributed by atoms with Crippen LogP contribution in [0.3, 0.4) is 0 Å². The van der Waals surface area contributed by atoms with Gasteiger partial charge >= 0.3 is 5.97 Å². The lowest BCUT2D eigenvalue weighted by atomic mass is 9.71. The first-order valence-electron chi connectivity index (χ1n) is 22.0. The number of benzene rings is 6. The first-order chi connectivity index (χ1) is 29.8. The van der Waals surface area contributed by atoms with Crippen LogP contribution in [0.4, 0.5) is 34.1 Å². The Hall–Kier alpha value is -6.46.